The quantitative estimate of drug-likeness (QED) is 0.551. The summed E-state index contributed by atoms with van der Waals surface area (Å²) >= 11 is 0. The van der Waals surface area contributed by atoms with Gasteiger partial charge >= 0.3 is 0 Å². The van der Waals surface area contributed by atoms with Crippen LogP contribution in [0.4, 0.5) is 5.82 Å². The summed E-state index contributed by atoms with van der Waals surface area (Å²) in [4.78, 5) is 8.84. The maximum atomic E-state index is 6.23. The number of anilines is 1. The van der Waals surface area contributed by atoms with Crippen LogP contribution in [0.1, 0.15) is 35.8 Å². The molecule has 0 radical (unpaired) electrons. The molecule has 0 spiro atoms. The maximum Gasteiger partial charge on any atom is 0.194 e. The Kier molecular flexibility index (Phi) is 7.42. The van der Waals surface area contributed by atoms with Crippen molar-refractivity contribution in [1.29, 1.82) is 0 Å². The van der Waals surface area contributed by atoms with Crippen LogP contribution in [0.15, 0.2) is 78.7 Å². The van der Waals surface area contributed by atoms with Crippen LogP contribution in [0.25, 0.3) is 0 Å². The van der Waals surface area contributed by atoms with Crippen LogP contribution in [0, 0.1) is 6.92 Å². The molecular weight excluding hydrogens is 402 g/mol. The van der Waals surface area contributed by atoms with E-state index >= 15 is 0 Å². The Balaban J connectivity index is 1.41. The van der Waals surface area contributed by atoms with Crippen molar-refractivity contribution in [3.05, 3.63) is 95.9 Å². The molecule has 166 valence electrons. The van der Waals surface area contributed by atoms with Crippen molar-refractivity contribution in [2.75, 3.05) is 11.9 Å². The van der Waals surface area contributed by atoms with E-state index in [2.05, 4.69) is 64.2 Å². The molecule has 32 heavy (non-hydrogen) atoms. The first kappa shape index (κ1) is 21.9. The van der Waals surface area contributed by atoms with Gasteiger partial charge in [-0.2, -0.15) is 5.10 Å². The zero-order valence-electron chi connectivity index (χ0n) is 18.4. The smallest absolute Gasteiger partial charge is 0.194 e. The fourth-order valence-electron chi connectivity index (χ4n) is 3.78. The van der Waals surface area contributed by atoms with Crippen LogP contribution < -0.4 is 10.8 Å². The number of nitrogens with zero attached hydrogens (tertiary/aromatic N) is 4. The van der Waals surface area contributed by atoms with Gasteiger partial charge in [-0.1, -0.05) is 66.7 Å². The predicted octanol–water partition coefficient (Wildman–Crippen LogP) is 4.14. The van der Waals surface area contributed by atoms with E-state index in [4.69, 9.17) is 9.47 Å². The molecule has 1 N–H and O–H groups in total. The molecule has 2 heterocycles. The van der Waals surface area contributed by atoms with Gasteiger partial charge in [0.2, 0.25) is 0 Å². The molecule has 0 aliphatic carbocycles. The molecule has 2 atom stereocenters. The van der Waals surface area contributed by atoms with E-state index in [-0.39, 0.29) is 12.3 Å². The van der Waals surface area contributed by atoms with Gasteiger partial charge in [-0.3, -0.25) is 0 Å². The Hall–Kier alpha value is -3.29. The average Bonchev–Trinajstić information content (AvgIpc) is 3.28. The molecule has 3 aromatic rings. The minimum atomic E-state index is -0.221. The minimum Gasteiger partial charge on any atom is -0.374 e. The van der Waals surface area contributed by atoms with E-state index in [0.29, 0.717) is 31.1 Å². The van der Waals surface area contributed by atoms with E-state index in [9.17, 15) is 0 Å². The number of aromatic nitrogens is 3. The summed E-state index contributed by atoms with van der Waals surface area (Å²) in [6.45, 7) is 7.60. The van der Waals surface area contributed by atoms with Crippen LogP contribution in [-0.2, 0) is 22.6 Å². The Morgan fingerprint density at radius 1 is 1.19 bits per heavy atom. The summed E-state index contributed by atoms with van der Waals surface area (Å²) in [5, 5.41) is 7.81. The summed E-state index contributed by atoms with van der Waals surface area (Å²) < 4.78 is 13.9. The molecule has 7 nitrogen and oxygen atoms in total. The second-order valence-electron chi connectivity index (χ2n) is 7.82. The lowest BCUT2D eigenvalue weighted by atomic mass is 10.1. The van der Waals surface area contributed by atoms with Gasteiger partial charge in [0.15, 0.2) is 17.5 Å². The normalized spacial score (nSPS) is 18.6. The summed E-state index contributed by atoms with van der Waals surface area (Å²) in [5.41, 5.74) is 4.15. The van der Waals surface area contributed by atoms with E-state index in [1.54, 1.807) is 4.68 Å². The molecule has 1 aliphatic rings. The van der Waals surface area contributed by atoms with Crippen molar-refractivity contribution in [1.82, 2.24) is 14.8 Å². The van der Waals surface area contributed by atoms with Crippen molar-refractivity contribution in [2.24, 2.45) is 4.99 Å². The number of nitrogens with one attached hydrogen (secondary N) is 1. The van der Waals surface area contributed by atoms with E-state index < -0.39 is 0 Å². The van der Waals surface area contributed by atoms with E-state index in [1.807, 2.05) is 24.3 Å². The highest BCUT2D eigenvalue weighted by Crippen LogP contribution is 2.27. The lowest BCUT2D eigenvalue weighted by Crippen LogP contribution is -2.31. The highest BCUT2D eigenvalue weighted by Gasteiger charge is 2.28. The van der Waals surface area contributed by atoms with Crippen LogP contribution in [0.3, 0.4) is 0 Å². The summed E-state index contributed by atoms with van der Waals surface area (Å²) in [6.07, 6.45) is 4.56. The zero-order chi connectivity index (χ0) is 22.2. The lowest BCUT2D eigenvalue weighted by Gasteiger charge is -2.17. The number of rotatable bonds is 9. The average molecular weight is 432 g/mol. The van der Waals surface area contributed by atoms with Gasteiger partial charge in [-0.25, -0.2) is 14.7 Å². The summed E-state index contributed by atoms with van der Waals surface area (Å²) in [5.74, 6) is 0.647. The third-order valence-electron chi connectivity index (χ3n) is 5.32. The Morgan fingerprint density at radius 2 is 2.03 bits per heavy atom. The largest absolute Gasteiger partial charge is 0.374 e. The van der Waals surface area contributed by atoms with Crippen molar-refractivity contribution in [3.63, 3.8) is 0 Å². The Bertz CT molecular complexity index is 1100. The zero-order valence-corrected chi connectivity index (χ0v) is 18.4. The van der Waals surface area contributed by atoms with Crippen molar-refractivity contribution in [2.45, 2.75) is 45.2 Å². The molecule has 1 aliphatic heterocycles. The molecule has 4 rings (SSSR count). The molecule has 1 fully saturated rings. The number of ether oxygens (including phenoxy) is 2. The highest BCUT2D eigenvalue weighted by atomic mass is 16.6. The number of hydrogen-bond acceptors (Lipinski definition) is 6. The second kappa shape index (κ2) is 10.8. The van der Waals surface area contributed by atoms with Crippen LogP contribution in [-0.4, -0.2) is 27.5 Å². The van der Waals surface area contributed by atoms with Gasteiger partial charge in [-0.15, -0.1) is 0 Å². The first-order chi connectivity index (χ1) is 15.7. The maximum absolute atomic E-state index is 6.23. The van der Waals surface area contributed by atoms with Gasteiger partial charge < -0.3 is 14.8 Å². The number of benzene rings is 2. The Morgan fingerprint density at radius 3 is 2.84 bits per heavy atom. The first-order valence-corrected chi connectivity index (χ1v) is 10.9. The second-order valence-corrected chi connectivity index (χ2v) is 7.82. The highest BCUT2D eigenvalue weighted by molar-refractivity contribution is 5.33. The SMILES string of the molecule is C=CN=c1c(NCc2cccc(C)c2)ncnn1C1CCC(COCc2ccccc2)O1. The van der Waals surface area contributed by atoms with E-state index in [1.165, 1.54) is 23.7 Å². The van der Waals surface area contributed by atoms with Crippen molar-refractivity contribution < 1.29 is 9.47 Å². The monoisotopic (exact) mass is 431 g/mol. The molecule has 0 amide bonds. The third kappa shape index (κ3) is 5.69. The summed E-state index contributed by atoms with van der Waals surface area (Å²) in [7, 11) is 0. The standard InChI is InChI=1S/C25H29N5O2/c1-3-26-25-24(27-15-21-11-7-8-19(2)14-21)28-18-29-30(25)23-13-12-22(32-23)17-31-16-20-9-5-4-6-10-20/h3-11,14,18,22-23H,1,12-13,15-17H2,2H3,(H,27,28,29). The molecule has 1 saturated heterocycles. The topological polar surface area (TPSA) is 73.6 Å². The predicted molar refractivity (Wildman–Crippen MR) is 124 cm³/mol. The molecule has 0 saturated carbocycles. The van der Waals surface area contributed by atoms with E-state index in [0.717, 1.165) is 18.4 Å². The molecule has 2 aromatic carbocycles. The van der Waals surface area contributed by atoms with Crippen molar-refractivity contribution >= 4 is 5.82 Å². The van der Waals surface area contributed by atoms with Crippen LogP contribution in [0.5, 0.6) is 0 Å². The molecule has 0 bridgehead atoms. The van der Waals surface area contributed by atoms with Crippen LogP contribution >= 0.6 is 0 Å². The molecule has 1 aromatic heterocycles. The van der Waals surface area contributed by atoms with Gasteiger partial charge in [0.05, 0.1) is 19.3 Å². The van der Waals surface area contributed by atoms with Gasteiger partial charge in [0.1, 0.15) is 6.33 Å². The number of aryl methyl sites for hydroxylation is 1. The van der Waals surface area contributed by atoms with Gasteiger partial charge in [0, 0.05) is 12.7 Å². The third-order valence-corrected chi connectivity index (χ3v) is 5.32. The molecule has 2 unspecified atom stereocenters. The van der Waals surface area contributed by atoms with Crippen molar-refractivity contribution in [3.8, 4) is 0 Å². The number of hydrogen-bond donors (Lipinski definition) is 1. The van der Waals surface area contributed by atoms with Gasteiger partial charge in [0.25, 0.3) is 0 Å². The minimum absolute atomic E-state index is 0.0199. The summed E-state index contributed by atoms with van der Waals surface area (Å²) in [6, 6.07) is 18.5. The van der Waals surface area contributed by atoms with Gasteiger partial charge in [-0.05, 0) is 30.9 Å². The molecular formula is C25H29N5O2. The fourth-order valence-corrected chi connectivity index (χ4v) is 3.78. The Labute approximate surface area is 188 Å². The molecule has 7 heteroatoms. The van der Waals surface area contributed by atoms with Crippen LogP contribution in [0.2, 0.25) is 0 Å². The fraction of sp³-hybridized carbons (Fsp3) is 0.320. The first-order valence-electron chi connectivity index (χ1n) is 10.9. The lowest BCUT2D eigenvalue weighted by molar-refractivity contribution is -0.0511.